The second-order valence-electron chi connectivity index (χ2n) is 3.37. The molecule has 0 aromatic carbocycles. The summed E-state index contributed by atoms with van der Waals surface area (Å²) in [6.45, 7) is 4.22. The van der Waals surface area contributed by atoms with Crippen LogP contribution < -0.4 is 0 Å². The van der Waals surface area contributed by atoms with Gasteiger partial charge in [0, 0.05) is 19.2 Å². The molecule has 0 N–H and O–H groups in total. The second kappa shape index (κ2) is 4.79. The third kappa shape index (κ3) is 2.87. The monoisotopic (exact) mass is 196 g/mol. The first kappa shape index (κ1) is 10.8. The lowest BCUT2D eigenvalue weighted by atomic mass is 10.1. The van der Waals surface area contributed by atoms with Crippen LogP contribution in [0, 0.1) is 0 Å². The van der Waals surface area contributed by atoms with Gasteiger partial charge in [0.25, 0.3) is 0 Å². The first-order valence-corrected chi connectivity index (χ1v) is 4.77. The average molecular weight is 196 g/mol. The fourth-order valence-electron chi connectivity index (χ4n) is 1.26. The molecular formula is C10H16N2O2. The van der Waals surface area contributed by atoms with Crippen LogP contribution in [0.1, 0.15) is 31.9 Å². The maximum Gasteiger partial charge on any atom is 0.306 e. The van der Waals surface area contributed by atoms with Gasteiger partial charge in [-0.1, -0.05) is 6.92 Å². The van der Waals surface area contributed by atoms with E-state index in [1.165, 1.54) is 0 Å². The van der Waals surface area contributed by atoms with Crippen molar-refractivity contribution in [1.82, 2.24) is 9.55 Å². The number of carbonyl (C=O) groups is 1. The Balaban J connectivity index is 2.50. The Morgan fingerprint density at radius 3 is 2.93 bits per heavy atom. The van der Waals surface area contributed by atoms with Crippen molar-refractivity contribution in [2.75, 3.05) is 6.61 Å². The summed E-state index contributed by atoms with van der Waals surface area (Å²) in [5.41, 5.74) is 0.931. The lowest BCUT2D eigenvalue weighted by Gasteiger charge is -2.07. The van der Waals surface area contributed by atoms with Gasteiger partial charge in [0.1, 0.15) is 0 Å². The molecule has 14 heavy (non-hydrogen) atoms. The predicted octanol–water partition coefficient (Wildman–Crippen LogP) is 1.48. The molecule has 0 saturated carbocycles. The van der Waals surface area contributed by atoms with E-state index < -0.39 is 0 Å². The molecule has 78 valence electrons. The highest BCUT2D eigenvalue weighted by Crippen LogP contribution is 2.16. The van der Waals surface area contributed by atoms with Crippen LogP contribution in [0.5, 0.6) is 0 Å². The highest BCUT2D eigenvalue weighted by atomic mass is 16.5. The molecule has 1 aromatic rings. The average Bonchev–Trinajstić information content (AvgIpc) is 2.52. The largest absolute Gasteiger partial charge is 0.466 e. The van der Waals surface area contributed by atoms with Gasteiger partial charge in [0.15, 0.2) is 0 Å². The van der Waals surface area contributed by atoms with Crippen LogP contribution in [0.25, 0.3) is 0 Å². The van der Waals surface area contributed by atoms with Crippen LogP contribution in [0.15, 0.2) is 12.5 Å². The van der Waals surface area contributed by atoms with Crippen molar-refractivity contribution in [2.24, 2.45) is 7.05 Å². The number of hydrogen-bond acceptors (Lipinski definition) is 3. The molecule has 0 aliphatic carbocycles. The summed E-state index contributed by atoms with van der Waals surface area (Å²) in [7, 11) is 1.91. The van der Waals surface area contributed by atoms with Gasteiger partial charge in [-0.05, 0) is 6.92 Å². The number of esters is 1. The van der Waals surface area contributed by atoms with Crippen molar-refractivity contribution in [3.8, 4) is 0 Å². The second-order valence-corrected chi connectivity index (χ2v) is 3.37. The third-order valence-electron chi connectivity index (χ3n) is 2.01. The van der Waals surface area contributed by atoms with Crippen molar-refractivity contribution >= 4 is 5.97 Å². The molecule has 4 nitrogen and oxygen atoms in total. The molecule has 1 atom stereocenters. The molecule has 0 spiro atoms. The first-order valence-electron chi connectivity index (χ1n) is 4.77. The molecule has 0 radical (unpaired) electrons. The van der Waals surface area contributed by atoms with E-state index in [0.717, 1.165) is 5.69 Å². The predicted molar refractivity (Wildman–Crippen MR) is 52.9 cm³/mol. The van der Waals surface area contributed by atoms with Crippen LogP contribution in [-0.4, -0.2) is 22.1 Å². The van der Waals surface area contributed by atoms with E-state index in [1.54, 1.807) is 6.33 Å². The van der Waals surface area contributed by atoms with Gasteiger partial charge in [-0.15, -0.1) is 0 Å². The van der Waals surface area contributed by atoms with E-state index >= 15 is 0 Å². The lowest BCUT2D eigenvalue weighted by Crippen LogP contribution is -2.08. The van der Waals surface area contributed by atoms with Crippen LogP contribution >= 0.6 is 0 Å². The maximum absolute atomic E-state index is 11.2. The summed E-state index contributed by atoms with van der Waals surface area (Å²) in [5.74, 6) is -0.0408. The SMILES string of the molecule is CCOC(=O)CC(C)c1cn(C)cn1. The van der Waals surface area contributed by atoms with E-state index in [-0.39, 0.29) is 11.9 Å². The number of aromatic nitrogens is 2. The molecule has 0 aliphatic heterocycles. The summed E-state index contributed by atoms with van der Waals surface area (Å²) >= 11 is 0. The minimum Gasteiger partial charge on any atom is -0.466 e. The number of ether oxygens (including phenoxy) is 1. The van der Waals surface area contributed by atoms with Gasteiger partial charge in [-0.3, -0.25) is 4.79 Å². The van der Waals surface area contributed by atoms with E-state index in [0.29, 0.717) is 13.0 Å². The van der Waals surface area contributed by atoms with E-state index in [9.17, 15) is 4.79 Å². The van der Waals surface area contributed by atoms with E-state index in [4.69, 9.17) is 4.74 Å². The Labute approximate surface area is 83.9 Å². The molecule has 0 bridgehead atoms. The van der Waals surface area contributed by atoms with Crippen molar-refractivity contribution in [3.63, 3.8) is 0 Å². The molecular weight excluding hydrogens is 180 g/mol. The zero-order valence-electron chi connectivity index (χ0n) is 8.86. The Morgan fingerprint density at radius 2 is 2.43 bits per heavy atom. The van der Waals surface area contributed by atoms with Gasteiger partial charge >= 0.3 is 5.97 Å². The number of rotatable bonds is 4. The third-order valence-corrected chi connectivity index (χ3v) is 2.01. The smallest absolute Gasteiger partial charge is 0.306 e. The van der Waals surface area contributed by atoms with Crippen LogP contribution in [-0.2, 0) is 16.6 Å². The molecule has 1 heterocycles. The van der Waals surface area contributed by atoms with Crippen molar-refractivity contribution < 1.29 is 9.53 Å². The standard InChI is InChI=1S/C10H16N2O2/c1-4-14-10(13)5-8(2)9-6-12(3)7-11-9/h6-8H,4-5H2,1-3H3. The Morgan fingerprint density at radius 1 is 1.71 bits per heavy atom. The number of carbonyl (C=O) groups excluding carboxylic acids is 1. The number of aryl methyl sites for hydroxylation is 1. The number of hydrogen-bond donors (Lipinski definition) is 0. The van der Waals surface area contributed by atoms with E-state index in [2.05, 4.69) is 4.98 Å². The minimum absolute atomic E-state index is 0.121. The fraction of sp³-hybridized carbons (Fsp3) is 0.600. The molecule has 1 rings (SSSR count). The van der Waals surface area contributed by atoms with Crippen molar-refractivity contribution in [3.05, 3.63) is 18.2 Å². The van der Waals surface area contributed by atoms with Crippen molar-refractivity contribution in [2.45, 2.75) is 26.2 Å². The Hall–Kier alpha value is -1.32. The van der Waals surface area contributed by atoms with Gasteiger partial charge in [-0.25, -0.2) is 4.98 Å². The summed E-state index contributed by atoms with van der Waals surface area (Å²) in [6, 6.07) is 0. The molecule has 0 amide bonds. The Bertz CT molecular complexity index is 307. The molecule has 1 aromatic heterocycles. The molecule has 0 aliphatic rings. The highest BCUT2D eigenvalue weighted by molar-refractivity contribution is 5.70. The van der Waals surface area contributed by atoms with Crippen LogP contribution in [0.3, 0.4) is 0 Å². The zero-order valence-corrected chi connectivity index (χ0v) is 8.86. The summed E-state index contributed by atoms with van der Waals surface area (Å²) in [6.07, 6.45) is 4.05. The van der Waals surface area contributed by atoms with Gasteiger partial charge < -0.3 is 9.30 Å². The summed E-state index contributed by atoms with van der Waals surface area (Å²) < 4.78 is 6.74. The summed E-state index contributed by atoms with van der Waals surface area (Å²) in [4.78, 5) is 15.4. The molecule has 4 heteroatoms. The lowest BCUT2D eigenvalue weighted by molar-refractivity contribution is -0.143. The highest BCUT2D eigenvalue weighted by Gasteiger charge is 2.13. The topological polar surface area (TPSA) is 44.1 Å². The fourth-order valence-corrected chi connectivity index (χ4v) is 1.26. The van der Waals surface area contributed by atoms with Gasteiger partial charge in [-0.2, -0.15) is 0 Å². The number of imidazole rings is 1. The molecule has 0 saturated heterocycles. The van der Waals surface area contributed by atoms with Gasteiger partial charge in [0.2, 0.25) is 0 Å². The minimum atomic E-state index is -0.161. The zero-order chi connectivity index (χ0) is 10.6. The first-order chi connectivity index (χ1) is 6.63. The van der Waals surface area contributed by atoms with Crippen LogP contribution in [0.2, 0.25) is 0 Å². The summed E-state index contributed by atoms with van der Waals surface area (Å²) in [5, 5.41) is 0. The molecule has 0 fully saturated rings. The van der Waals surface area contributed by atoms with Crippen LogP contribution in [0.4, 0.5) is 0 Å². The maximum atomic E-state index is 11.2. The van der Waals surface area contributed by atoms with E-state index in [1.807, 2.05) is 31.7 Å². The van der Waals surface area contributed by atoms with Crippen molar-refractivity contribution in [1.29, 1.82) is 0 Å². The normalized spacial score (nSPS) is 12.5. The van der Waals surface area contributed by atoms with Gasteiger partial charge in [0.05, 0.1) is 25.0 Å². The quantitative estimate of drug-likeness (QED) is 0.685. The molecule has 1 unspecified atom stereocenters. The number of nitrogens with zero attached hydrogens (tertiary/aromatic N) is 2. The Kier molecular flexibility index (Phi) is 3.68.